The highest BCUT2D eigenvalue weighted by molar-refractivity contribution is 6.33. The quantitative estimate of drug-likeness (QED) is 0.751. The van der Waals surface area contributed by atoms with E-state index in [1.807, 2.05) is 0 Å². The van der Waals surface area contributed by atoms with Gasteiger partial charge in [-0.1, -0.05) is 11.6 Å². The summed E-state index contributed by atoms with van der Waals surface area (Å²) in [5.74, 6) is 0.981. The average molecular weight is 415 g/mol. The van der Waals surface area contributed by atoms with Gasteiger partial charge < -0.3 is 14.5 Å². The van der Waals surface area contributed by atoms with Crippen LogP contribution >= 0.6 is 11.6 Å². The van der Waals surface area contributed by atoms with Crippen LogP contribution in [0.1, 0.15) is 24.2 Å². The number of hydrogen-bond acceptors (Lipinski definition) is 4. The van der Waals surface area contributed by atoms with E-state index in [0.717, 1.165) is 45.0 Å². The molecule has 0 amide bonds. The van der Waals surface area contributed by atoms with Crippen molar-refractivity contribution in [1.82, 2.24) is 10.2 Å². The lowest BCUT2D eigenvalue weighted by atomic mass is 9.95. The molecule has 2 saturated heterocycles. The number of hydrogen-bond donors (Lipinski definition) is 1. The Bertz CT molecular complexity index is 827. The molecule has 0 unspecified atom stereocenters. The number of alkyl halides is 3. The number of nitrogens with zero attached hydrogens (tertiary/aromatic N) is 1. The average Bonchev–Trinajstić information content (AvgIpc) is 3.29. The first-order valence-corrected chi connectivity index (χ1v) is 9.75. The van der Waals surface area contributed by atoms with E-state index in [-0.39, 0.29) is 16.1 Å². The lowest BCUT2D eigenvalue weighted by Crippen LogP contribution is -2.66. The van der Waals surface area contributed by atoms with E-state index in [1.165, 1.54) is 18.9 Å². The fourth-order valence-corrected chi connectivity index (χ4v) is 4.06. The largest absolute Gasteiger partial charge is 0.460 e. The molecule has 3 heterocycles. The minimum Gasteiger partial charge on any atom is -0.460 e. The van der Waals surface area contributed by atoms with Crippen LogP contribution in [0.15, 0.2) is 34.7 Å². The van der Waals surface area contributed by atoms with E-state index in [1.54, 1.807) is 12.1 Å². The maximum atomic E-state index is 13.0. The number of benzene rings is 1. The number of furan rings is 1. The lowest BCUT2D eigenvalue weighted by molar-refractivity contribution is -0.137. The Morgan fingerprint density at radius 3 is 2.50 bits per heavy atom. The van der Waals surface area contributed by atoms with Crippen molar-refractivity contribution >= 4 is 11.6 Å². The third kappa shape index (κ3) is 3.94. The number of nitrogens with one attached hydrogen (secondary N) is 1. The highest BCUT2D eigenvalue weighted by Crippen LogP contribution is 2.36. The minimum absolute atomic E-state index is 0.0519. The van der Waals surface area contributed by atoms with Crippen LogP contribution in [-0.2, 0) is 17.5 Å². The van der Waals surface area contributed by atoms with Crippen LogP contribution in [-0.4, -0.2) is 43.3 Å². The van der Waals surface area contributed by atoms with Gasteiger partial charge in [0.15, 0.2) is 0 Å². The van der Waals surface area contributed by atoms with Crippen molar-refractivity contribution in [2.45, 2.75) is 31.1 Å². The van der Waals surface area contributed by atoms with Gasteiger partial charge in [-0.3, -0.25) is 4.90 Å². The van der Waals surface area contributed by atoms with Gasteiger partial charge in [-0.15, -0.1) is 0 Å². The first kappa shape index (κ1) is 19.8. The van der Waals surface area contributed by atoms with Crippen LogP contribution in [0.25, 0.3) is 11.3 Å². The Morgan fingerprint density at radius 2 is 1.86 bits per heavy atom. The van der Waals surface area contributed by atoms with Crippen molar-refractivity contribution < 1.29 is 22.3 Å². The monoisotopic (exact) mass is 414 g/mol. The number of ether oxygens (including phenoxy) is 1. The van der Waals surface area contributed by atoms with E-state index in [0.29, 0.717) is 18.1 Å². The zero-order valence-corrected chi connectivity index (χ0v) is 16.1. The second-order valence-corrected chi connectivity index (χ2v) is 7.88. The molecule has 0 radical (unpaired) electrons. The van der Waals surface area contributed by atoms with Gasteiger partial charge >= 0.3 is 6.18 Å². The molecule has 0 bridgehead atoms. The maximum Gasteiger partial charge on any atom is 0.416 e. The molecule has 152 valence electrons. The van der Waals surface area contributed by atoms with Gasteiger partial charge in [-0.05, 0) is 56.3 Å². The molecule has 4 rings (SSSR count). The molecule has 0 atom stereocenters. The summed E-state index contributed by atoms with van der Waals surface area (Å²) in [5.41, 5.74) is -0.458. The van der Waals surface area contributed by atoms with Crippen molar-refractivity contribution in [2.75, 3.05) is 32.8 Å². The Balaban J connectivity index is 1.41. The van der Waals surface area contributed by atoms with Crippen LogP contribution in [0.3, 0.4) is 0 Å². The molecule has 2 aliphatic rings. The van der Waals surface area contributed by atoms with Crippen LogP contribution < -0.4 is 5.32 Å². The van der Waals surface area contributed by atoms with E-state index in [4.69, 9.17) is 20.8 Å². The van der Waals surface area contributed by atoms with Crippen molar-refractivity contribution in [3.05, 3.63) is 46.7 Å². The minimum atomic E-state index is -4.43. The molecule has 0 spiro atoms. The molecule has 1 aromatic carbocycles. The Labute approximate surface area is 166 Å². The molecule has 0 saturated carbocycles. The SMILES string of the molecule is FC(F)(F)c1ccc(Cl)c(-c2ccc(CNCC3(N4CCCC4)COC3)o2)c1. The summed E-state index contributed by atoms with van der Waals surface area (Å²) in [6, 6.07) is 6.65. The summed E-state index contributed by atoms with van der Waals surface area (Å²) in [6.45, 7) is 4.93. The van der Waals surface area contributed by atoms with Crippen molar-refractivity contribution in [3.63, 3.8) is 0 Å². The van der Waals surface area contributed by atoms with Crippen LogP contribution in [0.4, 0.5) is 13.2 Å². The summed E-state index contributed by atoms with van der Waals surface area (Å²) >= 11 is 6.09. The Hall–Kier alpha value is -1.54. The normalized spacial score (nSPS) is 19.7. The summed E-state index contributed by atoms with van der Waals surface area (Å²) in [5, 5.41) is 3.63. The molecule has 8 heteroatoms. The van der Waals surface area contributed by atoms with E-state index in [2.05, 4.69) is 10.2 Å². The fourth-order valence-electron chi connectivity index (χ4n) is 3.85. The topological polar surface area (TPSA) is 37.6 Å². The first-order valence-electron chi connectivity index (χ1n) is 9.37. The van der Waals surface area contributed by atoms with Crippen LogP contribution in [0.5, 0.6) is 0 Å². The van der Waals surface area contributed by atoms with Crippen LogP contribution in [0.2, 0.25) is 5.02 Å². The third-order valence-electron chi connectivity index (χ3n) is 5.49. The number of halogens is 4. The Morgan fingerprint density at radius 1 is 1.11 bits per heavy atom. The van der Waals surface area contributed by atoms with Gasteiger partial charge in [0, 0.05) is 12.1 Å². The first-order chi connectivity index (χ1) is 13.4. The molecular formula is C20H22ClF3N2O2. The maximum absolute atomic E-state index is 13.0. The molecule has 1 N–H and O–H groups in total. The van der Waals surface area contributed by atoms with Gasteiger partial charge in [0.2, 0.25) is 0 Å². The van der Waals surface area contributed by atoms with Gasteiger partial charge in [-0.2, -0.15) is 13.2 Å². The molecule has 2 fully saturated rings. The fraction of sp³-hybridized carbons (Fsp3) is 0.500. The molecule has 4 nitrogen and oxygen atoms in total. The van der Waals surface area contributed by atoms with Crippen molar-refractivity contribution in [2.24, 2.45) is 0 Å². The number of likely N-dealkylation sites (tertiary alicyclic amines) is 1. The molecule has 1 aromatic heterocycles. The van der Waals surface area contributed by atoms with Gasteiger partial charge in [-0.25, -0.2) is 0 Å². The summed E-state index contributed by atoms with van der Waals surface area (Å²) < 4.78 is 50.1. The third-order valence-corrected chi connectivity index (χ3v) is 5.82. The zero-order valence-electron chi connectivity index (χ0n) is 15.3. The van der Waals surface area contributed by atoms with E-state index in [9.17, 15) is 13.2 Å². The number of rotatable bonds is 6. The molecule has 2 aromatic rings. The predicted molar refractivity (Wildman–Crippen MR) is 100 cm³/mol. The van der Waals surface area contributed by atoms with Crippen LogP contribution in [0, 0.1) is 0 Å². The standard InChI is InChI=1S/C20H22ClF3N2O2/c21-17-5-3-14(20(22,23)24)9-16(17)18-6-4-15(28-18)10-25-11-19(12-27-13-19)26-7-1-2-8-26/h3-6,9,25H,1-2,7-8,10-13H2. The highest BCUT2D eigenvalue weighted by atomic mass is 35.5. The van der Waals surface area contributed by atoms with E-state index >= 15 is 0 Å². The smallest absolute Gasteiger partial charge is 0.416 e. The molecular weight excluding hydrogens is 393 g/mol. The van der Waals surface area contributed by atoms with Gasteiger partial charge in [0.1, 0.15) is 11.5 Å². The van der Waals surface area contributed by atoms with Gasteiger partial charge in [0.05, 0.1) is 35.9 Å². The Kier molecular flexibility index (Phi) is 5.44. The summed E-state index contributed by atoms with van der Waals surface area (Å²) in [6.07, 6.45) is -1.98. The molecule has 2 aliphatic heterocycles. The molecule has 0 aliphatic carbocycles. The molecule has 28 heavy (non-hydrogen) atoms. The van der Waals surface area contributed by atoms with Crippen molar-refractivity contribution in [3.8, 4) is 11.3 Å². The second-order valence-electron chi connectivity index (χ2n) is 7.47. The van der Waals surface area contributed by atoms with Gasteiger partial charge in [0.25, 0.3) is 0 Å². The summed E-state index contributed by atoms with van der Waals surface area (Å²) in [4.78, 5) is 2.49. The van der Waals surface area contributed by atoms with Crippen molar-refractivity contribution in [1.29, 1.82) is 0 Å². The predicted octanol–water partition coefficient (Wildman–Crippen LogP) is 4.57. The van der Waals surface area contributed by atoms with E-state index < -0.39 is 11.7 Å². The second kappa shape index (κ2) is 7.71. The summed E-state index contributed by atoms with van der Waals surface area (Å²) in [7, 11) is 0. The highest BCUT2D eigenvalue weighted by Gasteiger charge is 2.44. The lowest BCUT2D eigenvalue weighted by Gasteiger charge is -2.48. The zero-order chi connectivity index (χ0) is 19.8.